The Balaban J connectivity index is 2.02. The summed E-state index contributed by atoms with van der Waals surface area (Å²) >= 11 is 0. The van der Waals surface area contributed by atoms with Crippen molar-refractivity contribution in [1.82, 2.24) is 5.32 Å². The zero-order chi connectivity index (χ0) is 30.3. The van der Waals surface area contributed by atoms with Gasteiger partial charge in [-0.05, 0) is 50.3 Å². The average molecular weight is 568 g/mol. The minimum absolute atomic E-state index is 0.234. The Bertz CT molecular complexity index is 1250. The molecule has 41 heavy (non-hydrogen) atoms. The molecule has 1 saturated heterocycles. The largest absolute Gasteiger partial charge is 0.459 e. The molecule has 1 heterocycles. The van der Waals surface area contributed by atoms with E-state index in [-0.39, 0.29) is 6.42 Å². The van der Waals surface area contributed by atoms with Crippen LogP contribution in [-0.2, 0) is 35.1 Å². The SMILES string of the molecule is CC(=O)O[C@H]1[C@@H]2/C=C/C[C@H](C)C(=O)[C@](C)(O)/C=C/[C@@H](OC(C)=O)[C@]23C(=O)N[C@@H](Cc2ccccc2)[C@@H]3[C@H](C)[C@@]1(C)O. The Morgan fingerprint density at radius 3 is 2.24 bits per heavy atom. The molecule has 0 radical (unpaired) electrons. The number of amides is 1. The van der Waals surface area contributed by atoms with Crippen LogP contribution in [0, 0.1) is 29.1 Å². The van der Waals surface area contributed by atoms with Crippen molar-refractivity contribution in [3.63, 3.8) is 0 Å². The fraction of sp³-hybridized carbons (Fsp3) is 0.562. The monoisotopic (exact) mass is 567 g/mol. The number of carbonyl (C=O) groups is 4. The predicted octanol–water partition coefficient (Wildman–Crippen LogP) is 2.68. The number of benzene rings is 1. The Labute approximate surface area is 241 Å². The van der Waals surface area contributed by atoms with Crippen LogP contribution in [0.3, 0.4) is 0 Å². The van der Waals surface area contributed by atoms with Crippen molar-refractivity contribution in [3.8, 4) is 0 Å². The van der Waals surface area contributed by atoms with E-state index in [4.69, 9.17) is 9.47 Å². The molecule has 2 aliphatic carbocycles. The van der Waals surface area contributed by atoms with E-state index in [1.165, 1.54) is 32.9 Å². The number of ketones is 1. The van der Waals surface area contributed by atoms with Gasteiger partial charge in [-0.2, -0.15) is 0 Å². The molecule has 1 aromatic carbocycles. The number of esters is 2. The maximum Gasteiger partial charge on any atom is 0.303 e. The maximum absolute atomic E-state index is 14.5. The second-order valence-electron chi connectivity index (χ2n) is 12.3. The molecule has 4 rings (SSSR count). The summed E-state index contributed by atoms with van der Waals surface area (Å²) in [6, 6.07) is 9.14. The molecule has 10 atom stereocenters. The van der Waals surface area contributed by atoms with Gasteiger partial charge >= 0.3 is 11.9 Å². The van der Waals surface area contributed by atoms with Gasteiger partial charge in [0.1, 0.15) is 28.8 Å². The highest BCUT2D eigenvalue weighted by atomic mass is 16.6. The van der Waals surface area contributed by atoms with Crippen molar-refractivity contribution in [2.75, 3.05) is 0 Å². The second-order valence-corrected chi connectivity index (χ2v) is 12.3. The molecule has 0 bridgehead atoms. The van der Waals surface area contributed by atoms with E-state index in [1.807, 2.05) is 37.3 Å². The highest BCUT2D eigenvalue weighted by molar-refractivity contribution is 5.91. The first-order chi connectivity index (χ1) is 19.1. The third-order valence-electron chi connectivity index (χ3n) is 9.34. The lowest BCUT2D eigenvalue weighted by Crippen LogP contribution is -2.69. The van der Waals surface area contributed by atoms with Crippen LogP contribution in [0.1, 0.15) is 53.5 Å². The molecule has 9 nitrogen and oxygen atoms in total. The number of ether oxygens (including phenoxy) is 2. The van der Waals surface area contributed by atoms with Crippen molar-refractivity contribution >= 4 is 23.6 Å². The smallest absolute Gasteiger partial charge is 0.303 e. The van der Waals surface area contributed by atoms with Gasteiger partial charge in [0.25, 0.3) is 0 Å². The lowest BCUT2D eigenvalue weighted by molar-refractivity contribution is -0.228. The molecule has 1 saturated carbocycles. The van der Waals surface area contributed by atoms with Gasteiger partial charge in [0.2, 0.25) is 5.91 Å². The number of hydrogen-bond acceptors (Lipinski definition) is 8. The van der Waals surface area contributed by atoms with Gasteiger partial charge < -0.3 is 25.0 Å². The highest BCUT2D eigenvalue weighted by Crippen LogP contribution is 2.60. The Morgan fingerprint density at radius 1 is 1.00 bits per heavy atom. The van der Waals surface area contributed by atoms with E-state index in [9.17, 15) is 29.4 Å². The highest BCUT2D eigenvalue weighted by Gasteiger charge is 2.73. The van der Waals surface area contributed by atoms with Crippen LogP contribution in [0.4, 0.5) is 0 Å². The van der Waals surface area contributed by atoms with Gasteiger partial charge in [-0.15, -0.1) is 0 Å². The number of allylic oxidation sites excluding steroid dienone is 1. The molecule has 9 heteroatoms. The van der Waals surface area contributed by atoms with Crippen LogP contribution in [0.5, 0.6) is 0 Å². The first-order valence-electron chi connectivity index (χ1n) is 14.2. The zero-order valence-electron chi connectivity index (χ0n) is 24.5. The Kier molecular flexibility index (Phi) is 8.35. The fourth-order valence-electron chi connectivity index (χ4n) is 7.29. The molecular weight excluding hydrogens is 526 g/mol. The standard InChI is InChI=1S/C32H41NO8/c1-18-11-10-14-23-28(41-21(4)35)31(6,39)19(2)26-24(17-22-12-8-7-9-13-22)33-29(37)32(23,26)25(40-20(3)34)15-16-30(5,38)27(18)36/h7-10,12-16,18-19,23-26,28,38-39H,11,17H2,1-6H3,(H,33,37)/b14-10+,16-15+/t18-,19-,23-,24-,25+,26-,28-,30+,31+,32+/m0/s1. The summed E-state index contributed by atoms with van der Waals surface area (Å²) in [5.74, 6) is -4.92. The van der Waals surface area contributed by atoms with Gasteiger partial charge in [0.15, 0.2) is 5.78 Å². The number of rotatable bonds is 4. The first-order valence-corrected chi connectivity index (χ1v) is 14.2. The van der Waals surface area contributed by atoms with Gasteiger partial charge in [0, 0.05) is 37.6 Å². The summed E-state index contributed by atoms with van der Waals surface area (Å²) in [4.78, 5) is 52.5. The van der Waals surface area contributed by atoms with Crippen LogP contribution in [0.2, 0.25) is 0 Å². The Morgan fingerprint density at radius 2 is 1.63 bits per heavy atom. The van der Waals surface area contributed by atoms with E-state index in [1.54, 1.807) is 26.0 Å². The summed E-state index contributed by atoms with van der Waals surface area (Å²) in [6.45, 7) is 8.93. The summed E-state index contributed by atoms with van der Waals surface area (Å²) in [7, 11) is 0. The maximum atomic E-state index is 14.5. The van der Waals surface area contributed by atoms with Gasteiger partial charge in [-0.25, -0.2) is 0 Å². The number of hydrogen-bond donors (Lipinski definition) is 3. The van der Waals surface area contributed by atoms with E-state index in [0.717, 1.165) is 5.56 Å². The van der Waals surface area contributed by atoms with Crippen LogP contribution in [0.25, 0.3) is 0 Å². The van der Waals surface area contributed by atoms with E-state index in [0.29, 0.717) is 6.42 Å². The van der Waals surface area contributed by atoms with Gasteiger partial charge in [-0.1, -0.05) is 56.3 Å². The first kappa shape index (κ1) is 30.7. The van der Waals surface area contributed by atoms with Crippen molar-refractivity contribution in [2.24, 2.45) is 29.1 Å². The third kappa shape index (κ3) is 5.37. The van der Waals surface area contributed by atoms with E-state index in [2.05, 4.69) is 5.32 Å². The molecule has 3 aliphatic rings. The quantitative estimate of drug-likeness (QED) is 0.373. The topological polar surface area (TPSA) is 139 Å². The second kappa shape index (κ2) is 11.2. The minimum atomic E-state index is -1.89. The summed E-state index contributed by atoms with van der Waals surface area (Å²) in [5.41, 5.74) is -4.05. The molecular formula is C32H41NO8. The lowest BCUT2D eigenvalue weighted by atomic mass is 9.48. The van der Waals surface area contributed by atoms with Gasteiger partial charge in [-0.3, -0.25) is 19.2 Å². The number of carbonyl (C=O) groups excluding carboxylic acids is 4. The molecule has 3 N–H and O–H groups in total. The Hall–Kier alpha value is -3.30. The summed E-state index contributed by atoms with van der Waals surface area (Å²) in [6.07, 6.45) is 4.36. The van der Waals surface area contributed by atoms with Crippen molar-refractivity contribution in [1.29, 1.82) is 0 Å². The fourth-order valence-corrected chi connectivity index (χ4v) is 7.29. The molecule has 0 unspecified atom stereocenters. The predicted molar refractivity (Wildman–Crippen MR) is 150 cm³/mol. The number of nitrogens with one attached hydrogen (secondary N) is 1. The molecule has 222 valence electrons. The van der Waals surface area contributed by atoms with Gasteiger partial charge in [0.05, 0.1) is 0 Å². The molecule has 0 aromatic heterocycles. The average Bonchev–Trinajstić information content (AvgIpc) is 3.17. The van der Waals surface area contributed by atoms with E-state index >= 15 is 0 Å². The molecule has 1 amide bonds. The van der Waals surface area contributed by atoms with Crippen LogP contribution in [0.15, 0.2) is 54.6 Å². The summed E-state index contributed by atoms with van der Waals surface area (Å²) in [5, 5.41) is 26.3. The molecule has 1 spiro atoms. The van der Waals surface area contributed by atoms with E-state index < -0.39 is 82.2 Å². The van der Waals surface area contributed by atoms with Crippen LogP contribution >= 0.6 is 0 Å². The minimum Gasteiger partial charge on any atom is -0.459 e. The molecule has 2 fully saturated rings. The zero-order valence-corrected chi connectivity index (χ0v) is 24.5. The van der Waals surface area contributed by atoms with Crippen molar-refractivity contribution in [3.05, 3.63) is 60.2 Å². The van der Waals surface area contributed by atoms with Crippen LogP contribution in [-0.4, -0.2) is 63.3 Å². The number of Topliss-reactive ketones (excluding diaryl/α,β-unsaturated/α-hetero) is 1. The molecule has 1 aromatic rings. The van der Waals surface area contributed by atoms with Crippen LogP contribution < -0.4 is 5.32 Å². The summed E-state index contributed by atoms with van der Waals surface area (Å²) < 4.78 is 11.7. The van der Waals surface area contributed by atoms with Crippen molar-refractivity contribution in [2.45, 2.75) is 83.8 Å². The normalized spacial score (nSPS) is 42.1. The lowest BCUT2D eigenvalue weighted by Gasteiger charge is -2.57. The molecule has 1 aliphatic heterocycles. The van der Waals surface area contributed by atoms with Crippen molar-refractivity contribution < 1.29 is 38.9 Å². The number of aliphatic hydroxyl groups is 2. The third-order valence-corrected chi connectivity index (χ3v) is 9.34.